The normalized spacial score (nSPS) is 22.3. The Bertz CT molecular complexity index is 1280. The highest BCUT2D eigenvalue weighted by atomic mass is 35.5. The number of carbonyl (C=O) groups is 2. The number of carbonyl (C=O) groups excluding carboxylic acids is 2. The minimum Gasteiger partial charge on any atom is -1.00 e. The van der Waals surface area contributed by atoms with Crippen LogP contribution in [0.4, 0.5) is 10.1 Å². The largest absolute Gasteiger partial charge is 1.00 e. The molecule has 36 heavy (non-hydrogen) atoms. The molecule has 5 nitrogen and oxygen atoms in total. The van der Waals surface area contributed by atoms with Crippen LogP contribution < -0.4 is 22.6 Å². The van der Waals surface area contributed by atoms with E-state index >= 15 is 0 Å². The van der Waals surface area contributed by atoms with E-state index in [1.165, 1.54) is 17.7 Å². The van der Waals surface area contributed by atoms with Crippen LogP contribution >= 0.6 is 11.6 Å². The third-order valence-corrected chi connectivity index (χ3v) is 7.53. The summed E-state index contributed by atoms with van der Waals surface area (Å²) in [4.78, 5) is 28.1. The van der Waals surface area contributed by atoms with E-state index in [0.717, 1.165) is 30.8 Å². The second-order valence-corrected chi connectivity index (χ2v) is 10.3. The summed E-state index contributed by atoms with van der Waals surface area (Å²) in [5, 5.41) is 3.68. The zero-order chi connectivity index (χ0) is 24.7. The number of aryl methyl sites for hydroxylation is 1. The summed E-state index contributed by atoms with van der Waals surface area (Å²) in [7, 11) is 2.15. The van der Waals surface area contributed by atoms with Crippen LogP contribution in [0.1, 0.15) is 44.2 Å². The highest BCUT2D eigenvalue weighted by molar-refractivity contribution is 6.30. The van der Waals surface area contributed by atoms with Gasteiger partial charge in [-0.15, -0.1) is 0 Å². The number of amides is 2. The number of anilines is 1. The van der Waals surface area contributed by atoms with Gasteiger partial charge in [0.05, 0.1) is 32.1 Å². The molecular weight excluding hydrogens is 500 g/mol. The number of likely N-dealkylation sites (N-methyl/N-ethyl adjacent to an activating group) is 1. The molecule has 8 heteroatoms. The molecule has 0 bridgehead atoms. The Morgan fingerprint density at radius 3 is 2.42 bits per heavy atom. The number of quaternary nitrogens is 1. The maximum absolute atomic E-state index is 13.5. The molecule has 0 spiro atoms. The zero-order valence-electron chi connectivity index (χ0n) is 20.2. The van der Waals surface area contributed by atoms with Crippen molar-refractivity contribution >= 4 is 29.1 Å². The molecule has 3 aromatic carbocycles. The second kappa shape index (κ2) is 10.2. The Morgan fingerprint density at radius 1 is 1.06 bits per heavy atom. The van der Waals surface area contributed by atoms with Crippen molar-refractivity contribution in [2.45, 2.75) is 25.3 Å². The topological polar surface area (TPSA) is 49.4 Å². The maximum atomic E-state index is 13.5. The fourth-order valence-corrected chi connectivity index (χ4v) is 5.54. The molecular formula is C28H28Cl2FN3O2. The first-order chi connectivity index (χ1) is 16.7. The fourth-order valence-electron chi connectivity index (χ4n) is 5.42. The summed E-state index contributed by atoms with van der Waals surface area (Å²) in [6, 6.07) is 18.9. The van der Waals surface area contributed by atoms with E-state index < -0.39 is 0 Å². The number of nitrogens with zero attached hydrogens (tertiary/aromatic N) is 2. The minimum absolute atomic E-state index is 0. The van der Waals surface area contributed by atoms with Gasteiger partial charge in [-0.2, -0.15) is 0 Å². The van der Waals surface area contributed by atoms with E-state index in [1.807, 2.05) is 17.0 Å². The van der Waals surface area contributed by atoms with Gasteiger partial charge in [0.1, 0.15) is 5.82 Å². The predicted octanol–water partition coefficient (Wildman–Crippen LogP) is 2.14. The molecule has 1 N–H and O–H groups in total. The Hall–Kier alpha value is -2.93. The number of halogens is 3. The number of piperidine rings is 1. The van der Waals surface area contributed by atoms with Gasteiger partial charge in [-0.3, -0.25) is 9.59 Å². The van der Waals surface area contributed by atoms with Crippen molar-refractivity contribution in [2.75, 3.05) is 31.7 Å². The van der Waals surface area contributed by atoms with Crippen LogP contribution in [-0.2, 0) is 0 Å². The lowest BCUT2D eigenvalue weighted by Gasteiger charge is -2.44. The van der Waals surface area contributed by atoms with Gasteiger partial charge in [0.25, 0.3) is 11.8 Å². The summed E-state index contributed by atoms with van der Waals surface area (Å²) < 4.78 is 14.1. The number of benzene rings is 3. The first-order valence-corrected chi connectivity index (χ1v) is 12.2. The predicted molar refractivity (Wildman–Crippen MR) is 135 cm³/mol. The molecule has 2 heterocycles. The van der Waals surface area contributed by atoms with Crippen LogP contribution in [0.5, 0.6) is 0 Å². The molecule has 0 radical (unpaired) electrons. The third-order valence-electron chi connectivity index (χ3n) is 7.28. The average molecular weight is 528 g/mol. The average Bonchev–Trinajstić information content (AvgIpc) is 3.15. The third kappa shape index (κ3) is 4.99. The highest BCUT2D eigenvalue weighted by Crippen LogP contribution is 2.46. The molecule has 2 aliphatic heterocycles. The number of hydrogen-bond acceptors (Lipinski definition) is 2. The maximum Gasteiger partial charge on any atom is 0.258 e. The first kappa shape index (κ1) is 26.1. The van der Waals surface area contributed by atoms with Crippen LogP contribution in [-0.4, -0.2) is 49.1 Å². The van der Waals surface area contributed by atoms with Gasteiger partial charge in [-0.1, -0.05) is 29.3 Å². The number of rotatable bonds is 4. The summed E-state index contributed by atoms with van der Waals surface area (Å²) >= 11 is 5.94. The quantitative estimate of drug-likeness (QED) is 0.528. The van der Waals surface area contributed by atoms with Crippen LogP contribution in [0, 0.1) is 12.7 Å². The SMILES string of the molecule is Cc1ccc2c(c1)C1C[N+](C)(CNC(=O)c3ccc(Cl)cc3)CCC1N2C(=O)c1ccc(F)cc1.[Cl-]. The summed E-state index contributed by atoms with van der Waals surface area (Å²) in [5.74, 6) is -0.433. The van der Waals surface area contributed by atoms with Gasteiger partial charge in [0.15, 0.2) is 6.67 Å². The Labute approximate surface area is 221 Å². The Balaban J connectivity index is 0.00000304. The molecule has 1 fully saturated rings. The van der Waals surface area contributed by atoms with E-state index in [9.17, 15) is 14.0 Å². The van der Waals surface area contributed by atoms with Crippen molar-refractivity contribution < 1.29 is 30.9 Å². The molecule has 3 atom stereocenters. The minimum atomic E-state index is -0.358. The lowest BCUT2D eigenvalue weighted by Crippen LogP contribution is -3.00. The van der Waals surface area contributed by atoms with Crippen molar-refractivity contribution in [3.8, 4) is 0 Å². The lowest BCUT2D eigenvalue weighted by atomic mass is 9.87. The number of hydrogen-bond donors (Lipinski definition) is 1. The van der Waals surface area contributed by atoms with Crippen molar-refractivity contribution in [1.82, 2.24) is 5.32 Å². The number of fused-ring (bicyclic) bond motifs is 3. The fraction of sp³-hybridized carbons (Fsp3) is 0.286. The molecule has 2 aliphatic rings. The molecule has 188 valence electrons. The first-order valence-electron chi connectivity index (χ1n) is 11.8. The summed E-state index contributed by atoms with van der Waals surface area (Å²) in [6.07, 6.45) is 0.804. The smallest absolute Gasteiger partial charge is 0.258 e. The number of nitrogens with one attached hydrogen (secondary N) is 1. The second-order valence-electron chi connectivity index (χ2n) is 9.90. The highest BCUT2D eigenvalue weighted by Gasteiger charge is 2.49. The van der Waals surface area contributed by atoms with Crippen LogP contribution in [0.15, 0.2) is 66.7 Å². The molecule has 5 rings (SSSR count). The van der Waals surface area contributed by atoms with Crippen molar-refractivity contribution in [2.24, 2.45) is 0 Å². The molecule has 0 saturated carbocycles. The van der Waals surface area contributed by atoms with Gasteiger partial charge in [0.2, 0.25) is 0 Å². The molecule has 0 aromatic heterocycles. The Morgan fingerprint density at radius 2 is 1.72 bits per heavy atom. The zero-order valence-corrected chi connectivity index (χ0v) is 21.7. The van der Waals surface area contributed by atoms with Crippen molar-refractivity contribution in [3.63, 3.8) is 0 Å². The van der Waals surface area contributed by atoms with E-state index in [0.29, 0.717) is 27.3 Å². The summed E-state index contributed by atoms with van der Waals surface area (Å²) in [6.45, 7) is 4.18. The van der Waals surface area contributed by atoms with Gasteiger partial charge in [-0.05, 0) is 67.1 Å². The molecule has 3 unspecified atom stereocenters. The lowest BCUT2D eigenvalue weighted by molar-refractivity contribution is -0.917. The van der Waals surface area contributed by atoms with Gasteiger partial charge in [-0.25, -0.2) is 4.39 Å². The molecule has 2 amide bonds. The van der Waals surface area contributed by atoms with Gasteiger partial charge >= 0.3 is 0 Å². The van der Waals surface area contributed by atoms with Crippen LogP contribution in [0.2, 0.25) is 5.02 Å². The summed E-state index contributed by atoms with van der Waals surface area (Å²) in [5.41, 5.74) is 4.30. The van der Waals surface area contributed by atoms with E-state index in [2.05, 4.69) is 25.4 Å². The molecule has 0 aliphatic carbocycles. The standard InChI is InChI=1S/C28H27ClFN3O2.ClH/c1-18-3-12-25-23(15-18)24-16-33(2,17-31-27(34)19-4-8-21(29)9-5-19)14-13-26(24)32(25)28(35)20-6-10-22(30)11-7-20;/h3-12,15,24,26H,13-14,16-17H2,1-2H3;1H. The van der Waals surface area contributed by atoms with Gasteiger partial charge in [0, 0.05) is 28.3 Å². The van der Waals surface area contributed by atoms with Crippen molar-refractivity contribution in [3.05, 3.63) is 99.8 Å². The van der Waals surface area contributed by atoms with Crippen molar-refractivity contribution in [1.29, 1.82) is 0 Å². The molecule has 1 saturated heterocycles. The van der Waals surface area contributed by atoms with E-state index in [4.69, 9.17) is 11.6 Å². The molecule has 3 aromatic rings. The van der Waals surface area contributed by atoms with E-state index in [-0.39, 0.29) is 42.0 Å². The van der Waals surface area contributed by atoms with Gasteiger partial charge < -0.3 is 27.1 Å². The van der Waals surface area contributed by atoms with E-state index in [1.54, 1.807) is 36.4 Å². The van der Waals surface area contributed by atoms with Crippen LogP contribution in [0.25, 0.3) is 0 Å². The Kier molecular flexibility index (Phi) is 7.41. The van der Waals surface area contributed by atoms with Crippen LogP contribution in [0.3, 0.4) is 0 Å². The monoisotopic (exact) mass is 527 g/mol. The number of likely N-dealkylation sites (tertiary alicyclic amines) is 1.